The lowest BCUT2D eigenvalue weighted by atomic mass is 10.1. The van der Waals surface area contributed by atoms with Crippen molar-refractivity contribution in [2.45, 2.75) is 26.4 Å². The minimum absolute atomic E-state index is 0.132. The maximum Gasteiger partial charge on any atom is 0.240 e. The third kappa shape index (κ3) is 7.26. The van der Waals surface area contributed by atoms with Gasteiger partial charge in [-0.1, -0.05) is 60.7 Å². The topological polar surface area (TPSA) is 59.9 Å². The molecule has 3 aromatic carbocycles. The van der Waals surface area contributed by atoms with Crippen LogP contribution < -0.4 is 14.9 Å². The predicted octanol–water partition coefficient (Wildman–Crippen LogP) is 5.51. The maximum atomic E-state index is 12.0. The van der Waals surface area contributed by atoms with Crippen LogP contribution in [0.3, 0.4) is 0 Å². The molecule has 6 heteroatoms. The van der Waals surface area contributed by atoms with E-state index in [0.29, 0.717) is 37.6 Å². The molecule has 0 fully saturated rings. The van der Waals surface area contributed by atoms with E-state index in [4.69, 9.17) is 9.47 Å². The van der Waals surface area contributed by atoms with Crippen molar-refractivity contribution in [1.29, 1.82) is 0 Å². The molecule has 1 amide bonds. The first kappa shape index (κ1) is 22.6. The van der Waals surface area contributed by atoms with Crippen LogP contribution in [0.2, 0.25) is 0 Å². The van der Waals surface area contributed by atoms with Gasteiger partial charge < -0.3 is 9.47 Å². The Morgan fingerprint density at radius 1 is 1.00 bits per heavy atom. The summed E-state index contributed by atoms with van der Waals surface area (Å²) in [5, 5.41) is 4.08. The third-order valence-electron chi connectivity index (χ3n) is 4.44. The van der Waals surface area contributed by atoms with Crippen LogP contribution in [0.25, 0.3) is 0 Å². The molecule has 31 heavy (non-hydrogen) atoms. The molecule has 0 radical (unpaired) electrons. The molecule has 0 heterocycles. The molecular formula is C25H25BrN2O3. The summed E-state index contributed by atoms with van der Waals surface area (Å²) in [5.74, 6) is 1.12. The second kappa shape index (κ2) is 11.9. The first-order valence-electron chi connectivity index (χ1n) is 10.1. The van der Waals surface area contributed by atoms with Crippen LogP contribution in [0.1, 0.15) is 30.0 Å². The predicted molar refractivity (Wildman–Crippen MR) is 127 cm³/mol. The smallest absolute Gasteiger partial charge is 0.240 e. The van der Waals surface area contributed by atoms with Crippen LogP contribution >= 0.6 is 15.9 Å². The van der Waals surface area contributed by atoms with Crippen molar-refractivity contribution < 1.29 is 14.3 Å². The monoisotopic (exact) mass is 480 g/mol. The van der Waals surface area contributed by atoms with E-state index in [1.807, 2.05) is 79.7 Å². The zero-order valence-corrected chi connectivity index (χ0v) is 19.0. The number of ether oxygens (including phenoxy) is 2. The number of nitrogens with zero attached hydrogens (tertiary/aromatic N) is 1. The second-order valence-corrected chi connectivity index (χ2v) is 7.67. The molecule has 0 saturated carbocycles. The Morgan fingerprint density at radius 3 is 2.35 bits per heavy atom. The maximum absolute atomic E-state index is 12.0. The van der Waals surface area contributed by atoms with Gasteiger partial charge in [-0.25, -0.2) is 5.43 Å². The lowest BCUT2D eigenvalue weighted by Gasteiger charge is -2.14. The van der Waals surface area contributed by atoms with E-state index in [0.717, 1.165) is 21.2 Å². The highest BCUT2D eigenvalue weighted by Crippen LogP contribution is 2.37. The molecule has 0 bridgehead atoms. The van der Waals surface area contributed by atoms with Crippen LogP contribution in [0.5, 0.6) is 11.5 Å². The van der Waals surface area contributed by atoms with Crippen molar-refractivity contribution in [3.63, 3.8) is 0 Å². The Balaban J connectivity index is 1.60. The van der Waals surface area contributed by atoms with E-state index in [1.54, 1.807) is 6.21 Å². The zero-order valence-electron chi connectivity index (χ0n) is 17.4. The Hall–Kier alpha value is -3.12. The number of hydrogen-bond donors (Lipinski definition) is 1. The Bertz CT molecular complexity index is 1010. The molecule has 3 aromatic rings. The molecule has 0 unspecified atom stereocenters. The van der Waals surface area contributed by atoms with Crippen LogP contribution in [-0.2, 0) is 17.8 Å². The van der Waals surface area contributed by atoms with Gasteiger partial charge in [0, 0.05) is 6.42 Å². The summed E-state index contributed by atoms with van der Waals surface area (Å²) in [7, 11) is 0. The summed E-state index contributed by atoms with van der Waals surface area (Å²) >= 11 is 3.56. The Morgan fingerprint density at radius 2 is 1.68 bits per heavy atom. The molecule has 0 atom stereocenters. The highest BCUT2D eigenvalue weighted by atomic mass is 79.9. The molecule has 0 aliphatic heterocycles. The van der Waals surface area contributed by atoms with Crippen LogP contribution in [0.4, 0.5) is 0 Å². The molecule has 0 spiro atoms. The number of nitrogens with one attached hydrogen (secondary N) is 1. The molecule has 0 aliphatic carbocycles. The van der Waals surface area contributed by atoms with Gasteiger partial charge in [-0.3, -0.25) is 4.79 Å². The molecule has 0 aromatic heterocycles. The lowest BCUT2D eigenvalue weighted by Crippen LogP contribution is -2.17. The zero-order chi connectivity index (χ0) is 21.9. The van der Waals surface area contributed by atoms with Crippen LogP contribution in [-0.4, -0.2) is 18.7 Å². The molecule has 160 valence electrons. The van der Waals surface area contributed by atoms with E-state index in [9.17, 15) is 4.79 Å². The molecule has 0 aliphatic rings. The molecular weight excluding hydrogens is 456 g/mol. The summed E-state index contributed by atoms with van der Waals surface area (Å²) in [6.07, 6.45) is 2.64. The van der Waals surface area contributed by atoms with E-state index in [-0.39, 0.29) is 5.91 Å². The second-order valence-electron chi connectivity index (χ2n) is 6.82. The van der Waals surface area contributed by atoms with Crippen molar-refractivity contribution in [1.82, 2.24) is 5.43 Å². The van der Waals surface area contributed by atoms with Crippen molar-refractivity contribution in [2.24, 2.45) is 5.10 Å². The van der Waals surface area contributed by atoms with E-state index < -0.39 is 0 Å². The van der Waals surface area contributed by atoms with Crippen LogP contribution in [0, 0.1) is 0 Å². The Kier molecular flexibility index (Phi) is 8.67. The number of amides is 1. The van der Waals surface area contributed by atoms with Gasteiger partial charge >= 0.3 is 0 Å². The lowest BCUT2D eigenvalue weighted by molar-refractivity contribution is -0.121. The normalized spacial score (nSPS) is 10.8. The summed E-state index contributed by atoms with van der Waals surface area (Å²) < 4.78 is 12.5. The highest BCUT2D eigenvalue weighted by Gasteiger charge is 2.12. The summed E-state index contributed by atoms with van der Waals surface area (Å²) in [6, 6.07) is 23.6. The first-order chi connectivity index (χ1) is 15.2. The van der Waals surface area contributed by atoms with Gasteiger partial charge in [0.15, 0.2) is 11.5 Å². The number of halogens is 1. The number of aryl methyl sites for hydroxylation is 1. The number of rotatable bonds is 10. The van der Waals surface area contributed by atoms with Gasteiger partial charge in [0.2, 0.25) is 5.91 Å². The van der Waals surface area contributed by atoms with Crippen LogP contribution in [0.15, 0.2) is 82.4 Å². The fourth-order valence-electron chi connectivity index (χ4n) is 2.93. The molecule has 0 saturated heterocycles. The minimum atomic E-state index is -0.132. The van der Waals surface area contributed by atoms with Crippen molar-refractivity contribution in [3.8, 4) is 11.5 Å². The SMILES string of the molecule is CCOc1cc(/C=N\NC(=O)CCc2ccccc2)cc(Br)c1OCc1ccccc1. The standard InChI is InChI=1S/C25H25BrN2O3/c1-2-30-23-16-21(15-22(26)25(23)31-18-20-11-7-4-8-12-20)17-27-28-24(29)14-13-19-9-5-3-6-10-19/h3-12,15-17H,2,13-14,18H2,1H3,(H,28,29)/b27-17-. The van der Waals surface area contributed by atoms with E-state index in [1.165, 1.54) is 0 Å². The van der Waals surface area contributed by atoms with Gasteiger partial charge in [0.1, 0.15) is 6.61 Å². The average Bonchev–Trinajstić information content (AvgIpc) is 2.79. The van der Waals surface area contributed by atoms with Gasteiger partial charge in [-0.2, -0.15) is 5.10 Å². The Labute approximate surface area is 191 Å². The fourth-order valence-corrected chi connectivity index (χ4v) is 3.51. The molecule has 5 nitrogen and oxygen atoms in total. The van der Waals surface area contributed by atoms with E-state index in [2.05, 4.69) is 26.5 Å². The summed E-state index contributed by atoms with van der Waals surface area (Å²) in [5.41, 5.74) is 5.55. The number of hydrogen-bond acceptors (Lipinski definition) is 4. The van der Waals surface area contributed by atoms with E-state index >= 15 is 0 Å². The number of carbonyl (C=O) groups excluding carboxylic acids is 1. The number of carbonyl (C=O) groups is 1. The fraction of sp³-hybridized carbons (Fsp3) is 0.200. The van der Waals surface area contributed by atoms with Crippen molar-refractivity contribution >= 4 is 28.1 Å². The quantitative estimate of drug-likeness (QED) is 0.307. The van der Waals surface area contributed by atoms with Crippen molar-refractivity contribution in [2.75, 3.05) is 6.61 Å². The minimum Gasteiger partial charge on any atom is -0.490 e. The van der Waals surface area contributed by atoms with Gasteiger partial charge in [0.05, 0.1) is 17.3 Å². The summed E-state index contributed by atoms with van der Waals surface area (Å²) in [4.78, 5) is 12.0. The van der Waals surface area contributed by atoms with Gasteiger partial charge in [-0.15, -0.1) is 0 Å². The number of hydrazone groups is 1. The van der Waals surface area contributed by atoms with Crippen molar-refractivity contribution in [3.05, 3.63) is 94.0 Å². The first-order valence-corrected chi connectivity index (χ1v) is 10.9. The summed E-state index contributed by atoms with van der Waals surface area (Å²) in [6.45, 7) is 2.86. The third-order valence-corrected chi connectivity index (χ3v) is 5.03. The van der Waals surface area contributed by atoms with Gasteiger partial charge in [-0.05, 0) is 58.1 Å². The molecule has 3 rings (SSSR count). The molecule has 1 N–H and O–H groups in total. The largest absolute Gasteiger partial charge is 0.490 e. The highest BCUT2D eigenvalue weighted by molar-refractivity contribution is 9.10. The van der Waals surface area contributed by atoms with Gasteiger partial charge in [0.25, 0.3) is 0 Å². The average molecular weight is 481 g/mol. The number of benzene rings is 3.